The zero-order chi connectivity index (χ0) is 17.8. The van der Waals surface area contributed by atoms with Gasteiger partial charge in [-0.15, -0.1) is 10.2 Å². The van der Waals surface area contributed by atoms with E-state index >= 15 is 0 Å². The molecule has 9 heteroatoms. The first-order valence-corrected chi connectivity index (χ1v) is 8.78. The van der Waals surface area contributed by atoms with Crippen molar-refractivity contribution < 1.29 is 17.4 Å². The smallest absolute Gasteiger partial charge is 0.314 e. The Balaban J connectivity index is 1.78. The highest BCUT2D eigenvalue weighted by Crippen LogP contribution is 2.24. The molecule has 0 spiro atoms. The lowest BCUT2D eigenvalue weighted by Crippen LogP contribution is -2.24. The van der Waals surface area contributed by atoms with Crippen LogP contribution in [0, 0.1) is 0 Å². The topological polar surface area (TPSA) is 72.1 Å². The number of aromatic nitrogens is 3. The van der Waals surface area contributed by atoms with Gasteiger partial charge in [0.2, 0.25) is 5.89 Å². The number of benzene rings is 1. The van der Waals surface area contributed by atoms with Crippen molar-refractivity contribution in [1.82, 2.24) is 15.2 Å². The van der Waals surface area contributed by atoms with E-state index in [-0.39, 0.29) is 5.89 Å². The second kappa shape index (κ2) is 7.47. The van der Waals surface area contributed by atoms with E-state index in [1.165, 1.54) is 0 Å². The van der Waals surface area contributed by atoms with Crippen molar-refractivity contribution in [3.8, 4) is 11.5 Å². The molecule has 2 heterocycles. The zero-order valence-electron chi connectivity index (χ0n) is 13.2. The van der Waals surface area contributed by atoms with Gasteiger partial charge in [-0.25, -0.2) is 4.21 Å². The fraction of sp³-hybridized carbons (Fsp3) is 0.188. The van der Waals surface area contributed by atoms with Gasteiger partial charge in [0.15, 0.2) is 0 Å². The molecule has 0 bridgehead atoms. The van der Waals surface area contributed by atoms with Crippen LogP contribution in [0.4, 0.5) is 14.5 Å². The molecule has 3 rings (SSSR count). The molecule has 0 amide bonds. The first-order chi connectivity index (χ1) is 12.0. The van der Waals surface area contributed by atoms with Crippen molar-refractivity contribution in [3.05, 3.63) is 60.2 Å². The minimum absolute atomic E-state index is 0.0324. The first kappa shape index (κ1) is 17.2. The molecular formula is C16H14F2N4O2S. The Kier molecular flexibility index (Phi) is 5.13. The lowest BCUT2D eigenvalue weighted by atomic mass is 10.1. The van der Waals surface area contributed by atoms with Crippen molar-refractivity contribution in [3.63, 3.8) is 0 Å². The SMILES string of the molecule is CS(=O)N(Cc1ccc(-c2nnc(C(F)F)o2)cc1)c1cccnc1. The van der Waals surface area contributed by atoms with Crippen LogP contribution in [0.25, 0.3) is 11.5 Å². The molecule has 1 atom stereocenters. The van der Waals surface area contributed by atoms with Crippen LogP contribution < -0.4 is 4.31 Å². The van der Waals surface area contributed by atoms with E-state index < -0.39 is 23.3 Å². The summed E-state index contributed by atoms with van der Waals surface area (Å²) in [6.07, 6.45) is 2.08. The minimum Gasteiger partial charge on any atom is -0.415 e. The fourth-order valence-corrected chi connectivity index (χ4v) is 2.93. The molecule has 25 heavy (non-hydrogen) atoms. The van der Waals surface area contributed by atoms with Crippen molar-refractivity contribution >= 4 is 16.7 Å². The third-order valence-corrected chi connectivity index (χ3v) is 4.36. The summed E-state index contributed by atoms with van der Waals surface area (Å²) in [7, 11) is -1.23. The second-order valence-corrected chi connectivity index (χ2v) is 6.40. The predicted molar refractivity (Wildman–Crippen MR) is 89.2 cm³/mol. The molecule has 2 aromatic heterocycles. The third-order valence-electron chi connectivity index (χ3n) is 3.40. The van der Waals surface area contributed by atoms with Gasteiger partial charge in [0.25, 0.3) is 5.89 Å². The van der Waals surface area contributed by atoms with Crippen LogP contribution in [-0.4, -0.2) is 25.6 Å². The predicted octanol–water partition coefficient (Wildman–Crippen LogP) is 3.37. The lowest BCUT2D eigenvalue weighted by molar-refractivity contribution is 0.116. The molecule has 0 saturated carbocycles. The van der Waals surface area contributed by atoms with Crippen LogP contribution in [0.1, 0.15) is 17.9 Å². The quantitative estimate of drug-likeness (QED) is 0.671. The van der Waals surface area contributed by atoms with Gasteiger partial charge in [0, 0.05) is 18.0 Å². The summed E-state index contributed by atoms with van der Waals surface area (Å²) in [4.78, 5) is 4.03. The molecule has 0 aliphatic carbocycles. The van der Waals surface area contributed by atoms with Crippen molar-refractivity contribution in [2.45, 2.75) is 13.0 Å². The Morgan fingerprint density at radius 1 is 1.20 bits per heavy atom. The number of pyridine rings is 1. The summed E-state index contributed by atoms with van der Waals surface area (Å²) in [6, 6.07) is 10.6. The summed E-state index contributed by atoms with van der Waals surface area (Å²) in [5, 5.41) is 6.91. The Labute approximate surface area is 145 Å². The highest BCUT2D eigenvalue weighted by atomic mass is 32.2. The number of anilines is 1. The van der Waals surface area contributed by atoms with Gasteiger partial charge < -0.3 is 4.42 Å². The molecule has 1 aromatic carbocycles. The molecule has 3 aromatic rings. The number of nitrogens with zero attached hydrogens (tertiary/aromatic N) is 4. The summed E-state index contributed by atoms with van der Waals surface area (Å²) in [5.74, 6) is -0.673. The van der Waals surface area contributed by atoms with Crippen LogP contribution in [0.15, 0.2) is 53.2 Å². The Morgan fingerprint density at radius 2 is 1.96 bits per heavy atom. The van der Waals surface area contributed by atoms with Gasteiger partial charge in [0.1, 0.15) is 11.0 Å². The standard InChI is InChI=1S/C16H14F2N4O2S/c1-25(23)22(13-3-2-8-19-9-13)10-11-4-6-12(7-5-11)15-20-21-16(24-15)14(17)18/h2-9,14H,10H2,1H3. The third kappa shape index (κ3) is 4.05. The summed E-state index contributed by atoms with van der Waals surface area (Å²) in [5.41, 5.74) is 2.16. The average Bonchev–Trinajstić information content (AvgIpc) is 3.11. The van der Waals surface area contributed by atoms with Crippen LogP contribution >= 0.6 is 0 Å². The monoisotopic (exact) mass is 364 g/mol. The van der Waals surface area contributed by atoms with E-state index in [1.807, 2.05) is 6.07 Å². The second-order valence-electron chi connectivity index (χ2n) is 5.11. The first-order valence-electron chi connectivity index (χ1n) is 7.26. The molecule has 0 radical (unpaired) electrons. The molecule has 0 N–H and O–H groups in total. The van der Waals surface area contributed by atoms with E-state index in [4.69, 9.17) is 4.42 Å². The van der Waals surface area contributed by atoms with Crippen molar-refractivity contribution in [1.29, 1.82) is 0 Å². The van der Waals surface area contributed by atoms with Crippen LogP contribution in [-0.2, 0) is 17.5 Å². The van der Waals surface area contributed by atoms with Gasteiger partial charge >= 0.3 is 6.43 Å². The van der Waals surface area contributed by atoms with Crippen molar-refractivity contribution in [2.24, 2.45) is 0 Å². The summed E-state index contributed by atoms with van der Waals surface area (Å²) < 4.78 is 43.6. The summed E-state index contributed by atoms with van der Waals surface area (Å²) in [6.45, 7) is 0.404. The van der Waals surface area contributed by atoms with Gasteiger partial charge in [-0.1, -0.05) is 12.1 Å². The maximum absolute atomic E-state index is 12.5. The number of hydrogen-bond acceptors (Lipinski definition) is 5. The van der Waals surface area contributed by atoms with E-state index in [2.05, 4.69) is 15.2 Å². The molecule has 1 unspecified atom stereocenters. The van der Waals surface area contributed by atoms with Crippen molar-refractivity contribution in [2.75, 3.05) is 10.6 Å². The van der Waals surface area contributed by atoms with Crippen LogP contribution in [0.3, 0.4) is 0 Å². The Bertz CT molecular complexity index is 856. The molecule has 0 aliphatic heterocycles. The molecule has 0 aliphatic rings. The highest BCUT2D eigenvalue weighted by molar-refractivity contribution is 7.85. The van der Waals surface area contributed by atoms with Gasteiger partial charge in [-0.3, -0.25) is 9.29 Å². The number of alkyl halides is 2. The van der Waals surface area contributed by atoms with Crippen LogP contribution in [0.5, 0.6) is 0 Å². The average molecular weight is 364 g/mol. The van der Waals surface area contributed by atoms with Gasteiger partial charge in [-0.05, 0) is 29.8 Å². The number of halogens is 2. The number of rotatable bonds is 6. The fourth-order valence-electron chi connectivity index (χ4n) is 2.19. The highest BCUT2D eigenvalue weighted by Gasteiger charge is 2.17. The number of hydrogen-bond donors (Lipinski definition) is 0. The minimum atomic E-state index is -2.80. The molecule has 0 saturated heterocycles. The van der Waals surface area contributed by atoms with Gasteiger partial charge in [-0.2, -0.15) is 8.78 Å². The molecule has 6 nitrogen and oxygen atoms in total. The zero-order valence-corrected chi connectivity index (χ0v) is 14.0. The maximum Gasteiger partial charge on any atom is 0.314 e. The summed E-state index contributed by atoms with van der Waals surface area (Å²) >= 11 is 0. The molecular weight excluding hydrogens is 350 g/mol. The normalized spacial score (nSPS) is 12.3. The van der Waals surface area contributed by atoms with E-state index in [0.29, 0.717) is 12.1 Å². The van der Waals surface area contributed by atoms with E-state index in [0.717, 1.165) is 11.3 Å². The van der Waals surface area contributed by atoms with Crippen LogP contribution in [0.2, 0.25) is 0 Å². The molecule has 0 fully saturated rings. The Hall–Kier alpha value is -2.68. The van der Waals surface area contributed by atoms with E-state index in [9.17, 15) is 13.0 Å². The van der Waals surface area contributed by atoms with E-state index in [1.54, 1.807) is 53.3 Å². The van der Waals surface area contributed by atoms with Gasteiger partial charge in [0.05, 0.1) is 18.4 Å². The molecule has 130 valence electrons. The lowest BCUT2D eigenvalue weighted by Gasteiger charge is -2.21. The largest absolute Gasteiger partial charge is 0.415 e. The maximum atomic E-state index is 12.5. The Morgan fingerprint density at radius 3 is 2.52 bits per heavy atom.